The highest BCUT2D eigenvalue weighted by atomic mass is 15.3. The number of benzene rings is 1. The van der Waals surface area contributed by atoms with E-state index in [2.05, 4.69) is 47.9 Å². The summed E-state index contributed by atoms with van der Waals surface area (Å²) in [6.07, 6.45) is 0. The summed E-state index contributed by atoms with van der Waals surface area (Å²) in [5.74, 6) is 0. The molecule has 0 bridgehead atoms. The molecule has 0 saturated carbocycles. The van der Waals surface area contributed by atoms with Crippen molar-refractivity contribution in [2.45, 2.75) is 19.9 Å². The molecule has 0 amide bonds. The Morgan fingerprint density at radius 2 is 1.94 bits per heavy atom. The fourth-order valence-electron chi connectivity index (χ4n) is 2.42. The molecule has 2 N–H and O–H groups in total. The van der Waals surface area contributed by atoms with E-state index in [1.807, 2.05) is 0 Å². The molecule has 3 nitrogen and oxygen atoms in total. The van der Waals surface area contributed by atoms with Crippen LogP contribution in [0.5, 0.6) is 0 Å². The zero-order valence-corrected chi connectivity index (χ0v) is 10.9. The number of hydrogen-bond donors (Lipinski definition) is 1. The Labute approximate surface area is 104 Å². The number of aryl methyl sites for hydroxylation is 1. The van der Waals surface area contributed by atoms with E-state index in [9.17, 15) is 0 Å². The van der Waals surface area contributed by atoms with Crippen molar-refractivity contribution < 1.29 is 0 Å². The Morgan fingerprint density at radius 1 is 1.24 bits per heavy atom. The van der Waals surface area contributed by atoms with Gasteiger partial charge in [-0.2, -0.15) is 0 Å². The fraction of sp³-hybridized carbons (Fsp3) is 0.571. The molecule has 0 aliphatic carbocycles. The van der Waals surface area contributed by atoms with Crippen molar-refractivity contribution >= 4 is 5.69 Å². The molecule has 3 heteroatoms. The first kappa shape index (κ1) is 12.4. The van der Waals surface area contributed by atoms with Gasteiger partial charge in [0.25, 0.3) is 0 Å². The quantitative estimate of drug-likeness (QED) is 0.858. The van der Waals surface area contributed by atoms with Gasteiger partial charge in [-0.3, -0.25) is 4.90 Å². The first-order chi connectivity index (χ1) is 8.15. The maximum absolute atomic E-state index is 5.83. The summed E-state index contributed by atoms with van der Waals surface area (Å²) in [7, 11) is 0. The Hall–Kier alpha value is -1.06. The molecule has 0 radical (unpaired) electrons. The van der Waals surface area contributed by atoms with E-state index in [1.54, 1.807) is 0 Å². The third-order valence-corrected chi connectivity index (χ3v) is 3.29. The monoisotopic (exact) mass is 233 g/mol. The van der Waals surface area contributed by atoms with Gasteiger partial charge in [-0.25, -0.2) is 0 Å². The van der Waals surface area contributed by atoms with Gasteiger partial charge in [0.05, 0.1) is 0 Å². The molecule has 17 heavy (non-hydrogen) atoms. The molecule has 1 aromatic rings. The molecule has 1 atom stereocenters. The number of rotatable bonds is 3. The summed E-state index contributed by atoms with van der Waals surface area (Å²) in [6.45, 7) is 9.70. The Bertz CT molecular complexity index is 354. The highest BCUT2D eigenvalue weighted by molar-refractivity contribution is 5.48. The summed E-state index contributed by atoms with van der Waals surface area (Å²) in [5.41, 5.74) is 8.52. The first-order valence-electron chi connectivity index (χ1n) is 6.45. The van der Waals surface area contributed by atoms with Gasteiger partial charge in [-0.05, 0) is 31.5 Å². The lowest BCUT2D eigenvalue weighted by molar-refractivity contribution is 0.247. The van der Waals surface area contributed by atoms with Crippen molar-refractivity contribution in [3.05, 3.63) is 29.8 Å². The van der Waals surface area contributed by atoms with E-state index in [0.29, 0.717) is 0 Å². The normalized spacial score (nSPS) is 19.4. The van der Waals surface area contributed by atoms with E-state index in [0.717, 1.165) is 32.7 Å². The van der Waals surface area contributed by atoms with E-state index in [4.69, 9.17) is 5.73 Å². The lowest BCUT2D eigenvalue weighted by Crippen LogP contribution is -2.49. The lowest BCUT2D eigenvalue weighted by atomic mass is 10.2. The molecule has 2 rings (SSSR count). The number of nitrogens with two attached hydrogens (primary N) is 1. The molecule has 1 aromatic carbocycles. The minimum absolute atomic E-state index is 0.278. The van der Waals surface area contributed by atoms with Crippen LogP contribution in [0, 0.1) is 6.92 Å². The van der Waals surface area contributed by atoms with E-state index >= 15 is 0 Å². The van der Waals surface area contributed by atoms with Crippen LogP contribution in [0.15, 0.2) is 24.3 Å². The summed E-state index contributed by atoms with van der Waals surface area (Å²) in [6, 6.07) is 9.03. The maximum Gasteiger partial charge on any atom is 0.0369 e. The minimum Gasteiger partial charge on any atom is -0.369 e. The standard InChI is InChI=1S/C14H23N3/c1-12-4-3-5-14(10-12)17-8-6-16(7-9-17)11-13(2)15/h3-5,10,13H,6-9,11,15H2,1-2H3. The molecule has 1 aliphatic rings. The smallest absolute Gasteiger partial charge is 0.0369 e. The summed E-state index contributed by atoms with van der Waals surface area (Å²) < 4.78 is 0. The van der Waals surface area contributed by atoms with E-state index in [1.165, 1.54) is 11.3 Å². The highest BCUT2D eigenvalue weighted by Gasteiger charge is 2.17. The Kier molecular flexibility index (Phi) is 4.02. The van der Waals surface area contributed by atoms with Crippen LogP contribution < -0.4 is 10.6 Å². The van der Waals surface area contributed by atoms with Gasteiger partial charge in [0.15, 0.2) is 0 Å². The van der Waals surface area contributed by atoms with Gasteiger partial charge >= 0.3 is 0 Å². The van der Waals surface area contributed by atoms with Crippen LogP contribution >= 0.6 is 0 Å². The zero-order valence-electron chi connectivity index (χ0n) is 10.9. The molecular weight excluding hydrogens is 210 g/mol. The second-order valence-corrected chi connectivity index (χ2v) is 5.10. The van der Waals surface area contributed by atoms with Gasteiger partial charge in [0.2, 0.25) is 0 Å². The van der Waals surface area contributed by atoms with Crippen molar-refractivity contribution in [2.75, 3.05) is 37.6 Å². The number of nitrogens with zero attached hydrogens (tertiary/aromatic N) is 2. The van der Waals surface area contributed by atoms with E-state index in [-0.39, 0.29) is 6.04 Å². The Morgan fingerprint density at radius 3 is 2.53 bits per heavy atom. The molecule has 0 spiro atoms. The summed E-state index contributed by atoms with van der Waals surface area (Å²) >= 11 is 0. The predicted octanol–water partition coefficient (Wildman–Crippen LogP) is 1.46. The van der Waals surface area contributed by atoms with Crippen LogP contribution in [0.25, 0.3) is 0 Å². The lowest BCUT2D eigenvalue weighted by Gasteiger charge is -2.36. The van der Waals surface area contributed by atoms with Crippen LogP contribution in [0.1, 0.15) is 12.5 Å². The average Bonchev–Trinajstić information content (AvgIpc) is 2.29. The highest BCUT2D eigenvalue weighted by Crippen LogP contribution is 2.17. The largest absolute Gasteiger partial charge is 0.369 e. The molecule has 1 unspecified atom stereocenters. The number of anilines is 1. The van der Waals surface area contributed by atoms with Crippen molar-refractivity contribution in [1.82, 2.24) is 4.90 Å². The summed E-state index contributed by atoms with van der Waals surface area (Å²) in [5, 5.41) is 0. The molecule has 1 heterocycles. The molecule has 0 aromatic heterocycles. The van der Waals surface area contributed by atoms with Crippen LogP contribution in [0.4, 0.5) is 5.69 Å². The number of hydrogen-bond acceptors (Lipinski definition) is 3. The van der Waals surface area contributed by atoms with Gasteiger partial charge in [-0.1, -0.05) is 12.1 Å². The predicted molar refractivity (Wildman–Crippen MR) is 73.5 cm³/mol. The Balaban J connectivity index is 1.91. The molecule has 1 saturated heterocycles. The van der Waals surface area contributed by atoms with Crippen LogP contribution in [0.2, 0.25) is 0 Å². The van der Waals surface area contributed by atoms with Gasteiger partial charge < -0.3 is 10.6 Å². The topological polar surface area (TPSA) is 32.5 Å². The maximum atomic E-state index is 5.83. The molecule has 1 aliphatic heterocycles. The van der Waals surface area contributed by atoms with Gasteiger partial charge in [0.1, 0.15) is 0 Å². The zero-order chi connectivity index (χ0) is 12.3. The average molecular weight is 233 g/mol. The summed E-state index contributed by atoms with van der Waals surface area (Å²) in [4.78, 5) is 4.92. The molecular formula is C14H23N3. The second kappa shape index (κ2) is 5.52. The van der Waals surface area contributed by atoms with Crippen LogP contribution in [-0.4, -0.2) is 43.7 Å². The van der Waals surface area contributed by atoms with Crippen molar-refractivity contribution in [1.29, 1.82) is 0 Å². The minimum atomic E-state index is 0.278. The van der Waals surface area contributed by atoms with Crippen LogP contribution in [-0.2, 0) is 0 Å². The van der Waals surface area contributed by atoms with Crippen LogP contribution in [0.3, 0.4) is 0 Å². The van der Waals surface area contributed by atoms with Crippen molar-refractivity contribution in [2.24, 2.45) is 5.73 Å². The second-order valence-electron chi connectivity index (χ2n) is 5.10. The fourth-order valence-corrected chi connectivity index (χ4v) is 2.42. The van der Waals surface area contributed by atoms with Gasteiger partial charge in [0, 0.05) is 44.5 Å². The van der Waals surface area contributed by atoms with Crippen molar-refractivity contribution in [3.63, 3.8) is 0 Å². The van der Waals surface area contributed by atoms with Gasteiger partial charge in [-0.15, -0.1) is 0 Å². The molecule has 1 fully saturated rings. The molecule has 94 valence electrons. The number of piperazine rings is 1. The van der Waals surface area contributed by atoms with E-state index < -0.39 is 0 Å². The van der Waals surface area contributed by atoms with Crippen molar-refractivity contribution in [3.8, 4) is 0 Å². The first-order valence-corrected chi connectivity index (χ1v) is 6.45. The SMILES string of the molecule is Cc1cccc(N2CCN(CC(C)N)CC2)c1. The third-order valence-electron chi connectivity index (χ3n) is 3.29. The third kappa shape index (κ3) is 3.45.